The van der Waals surface area contributed by atoms with Crippen LogP contribution < -0.4 is 5.73 Å². The summed E-state index contributed by atoms with van der Waals surface area (Å²) in [5.41, 5.74) is 6.47. The van der Waals surface area contributed by atoms with Gasteiger partial charge in [-0.2, -0.15) is 5.26 Å². The van der Waals surface area contributed by atoms with Crippen LogP contribution in [0.3, 0.4) is 0 Å². The number of hydrogen-bond donors (Lipinski definition) is 1. The molecule has 0 saturated heterocycles. The monoisotopic (exact) mass is 252 g/mol. The van der Waals surface area contributed by atoms with Gasteiger partial charge in [0.05, 0.1) is 23.1 Å². The Balaban J connectivity index is 2.66. The van der Waals surface area contributed by atoms with Crippen LogP contribution in [0.15, 0.2) is 24.3 Å². The number of hydrogen-bond acceptors (Lipinski definition) is 4. The molecule has 1 aromatic carbocycles. The van der Waals surface area contributed by atoms with E-state index in [1.165, 1.54) is 0 Å². The van der Waals surface area contributed by atoms with Crippen molar-refractivity contribution in [3.8, 4) is 6.07 Å². The third-order valence-corrected chi connectivity index (χ3v) is 4.04. The molecular weight excluding hydrogens is 236 g/mol. The minimum atomic E-state index is -3.10. The van der Waals surface area contributed by atoms with Crippen LogP contribution >= 0.6 is 0 Å². The molecule has 0 heterocycles. The van der Waals surface area contributed by atoms with Gasteiger partial charge in [-0.05, 0) is 37.1 Å². The summed E-state index contributed by atoms with van der Waals surface area (Å²) in [6.45, 7) is 0.513. The highest BCUT2D eigenvalue weighted by Gasteiger charge is 2.11. The predicted molar refractivity (Wildman–Crippen MR) is 66.9 cm³/mol. The van der Waals surface area contributed by atoms with Crippen LogP contribution in [-0.4, -0.2) is 20.7 Å². The zero-order valence-electron chi connectivity index (χ0n) is 9.59. The van der Waals surface area contributed by atoms with E-state index in [1.54, 1.807) is 24.3 Å². The first-order valence-electron chi connectivity index (χ1n) is 5.47. The molecule has 0 aliphatic rings. The van der Waals surface area contributed by atoms with Gasteiger partial charge in [-0.25, -0.2) is 8.42 Å². The van der Waals surface area contributed by atoms with Crippen molar-refractivity contribution < 1.29 is 8.42 Å². The molecule has 0 aliphatic carbocycles. The van der Waals surface area contributed by atoms with Gasteiger partial charge in [0.15, 0.2) is 9.84 Å². The fourth-order valence-electron chi connectivity index (χ4n) is 1.52. The number of unbranched alkanes of at least 4 members (excludes halogenated alkanes) is 1. The fourth-order valence-corrected chi connectivity index (χ4v) is 3.00. The third-order valence-electron chi connectivity index (χ3n) is 2.35. The summed E-state index contributed by atoms with van der Waals surface area (Å²) >= 11 is 0. The van der Waals surface area contributed by atoms with Gasteiger partial charge >= 0.3 is 0 Å². The third kappa shape index (κ3) is 4.98. The Labute approximate surface area is 102 Å². The van der Waals surface area contributed by atoms with Crippen LogP contribution in [0.1, 0.15) is 24.0 Å². The Kier molecular flexibility index (Phi) is 5.13. The summed E-state index contributed by atoms with van der Waals surface area (Å²) in [6, 6.07) is 8.68. The summed E-state index contributed by atoms with van der Waals surface area (Å²) in [5.74, 6) is 0.147. The van der Waals surface area contributed by atoms with Crippen LogP contribution in [0.2, 0.25) is 0 Å². The lowest BCUT2D eigenvalue weighted by atomic mass is 10.2. The number of nitrogens with zero attached hydrogens (tertiary/aromatic N) is 1. The van der Waals surface area contributed by atoms with Crippen LogP contribution in [-0.2, 0) is 15.6 Å². The van der Waals surface area contributed by atoms with Crippen molar-refractivity contribution in [1.29, 1.82) is 5.26 Å². The molecule has 0 unspecified atom stereocenters. The van der Waals surface area contributed by atoms with Crippen LogP contribution in [0, 0.1) is 11.3 Å². The topological polar surface area (TPSA) is 84.0 Å². The second-order valence-electron chi connectivity index (χ2n) is 3.90. The van der Waals surface area contributed by atoms with Gasteiger partial charge < -0.3 is 5.73 Å². The molecule has 2 N–H and O–H groups in total. The Bertz CT molecular complexity index is 503. The summed E-state index contributed by atoms with van der Waals surface area (Å²) in [7, 11) is -3.10. The predicted octanol–water partition coefficient (Wildman–Crippen LogP) is 1.21. The van der Waals surface area contributed by atoms with Gasteiger partial charge in [-0.15, -0.1) is 0 Å². The molecule has 0 amide bonds. The molecule has 1 aromatic rings. The first kappa shape index (κ1) is 13.7. The van der Waals surface area contributed by atoms with Crippen LogP contribution in [0.5, 0.6) is 0 Å². The highest BCUT2D eigenvalue weighted by Crippen LogP contribution is 2.10. The average Bonchev–Trinajstić information content (AvgIpc) is 2.29. The van der Waals surface area contributed by atoms with Gasteiger partial charge in [-0.1, -0.05) is 12.1 Å². The molecule has 0 atom stereocenters. The van der Waals surface area contributed by atoms with Crippen LogP contribution in [0.4, 0.5) is 0 Å². The Morgan fingerprint density at radius 1 is 1.29 bits per heavy atom. The molecule has 17 heavy (non-hydrogen) atoms. The van der Waals surface area contributed by atoms with Crippen molar-refractivity contribution in [1.82, 2.24) is 0 Å². The lowest BCUT2D eigenvalue weighted by molar-refractivity contribution is 0.591. The minimum Gasteiger partial charge on any atom is -0.330 e. The fraction of sp³-hybridized carbons (Fsp3) is 0.417. The molecule has 0 radical (unpaired) electrons. The highest BCUT2D eigenvalue weighted by atomic mass is 32.2. The van der Waals surface area contributed by atoms with Crippen molar-refractivity contribution in [3.63, 3.8) is 0 Å². The van der Waals surface area contributed by atoms with Gasteiger partial charge in [-0.3, -0.25) is 0 Å². The molecule has 0 bridgehead atoms. The molecule has 0 aromatic heterocycles. The van der Waals surface area contributed by atoms with E-state index >= 15 is 0 Å². The van der Waals surface area contributed by atoms with Gasteiger partial charge in [0, 0.05) is 0 Å². The highest BCUT2D eigenvalue weighted by molar-refractivity contribution is 7.90. The lowest BCUT2D eigenvalue weighted by Gasteiger charge is -2.04. The summed E-state index contributed by atoms with van der Waals surface area (Å²) in [6.07, 6.45) is 1.31. The van der Waals surface area contributed by atoms with Crippen molar-refractivity contribution in [2.45, 2.75) is 18.6 Å². The summed E-state index contributed by atoms with van der Waals surface area (Å²) in [4.78, 5) is 0. The second kappa shape index (κ2) is 6.38. The van der Waals surface area contributed by atoms with E-state index in [0.29, 0.717) is 24.1 Å². The molecule has 0 spiro atoms. The molecule has 5 heteroatoms. The zero-order chi connectivity index (χ0) is 12.7. The van der Waals surface area contributed by atoms with Gasteiger partial charge in [0.1, 0.15) is 0 Å². The molecule has 92 valence electrons. The first-order valence-corrected chi connectivity index (χ1v) is 7.29. The maximum absolute atomic E-state index is 11.8. The van der Waals surface area contributed by atoms with Crippen molar-refractivity contribution in [3.05, 3.63) is 35.4 Å². The number of sulfone groups is 1. The summed E-state index contributed by atoms with van der Waals surface area (Å²) < 4.78 is 23.5. The van der Waals surface area contributed by atoms with E-state index in [-0.39, 0.29) is 11.5 Å². The molecule has 1 rings (SSSR count). The van der Waals surface area contributed by atoms with E-state index in [1.807, 2.05) is 6.07 Å². The van der Waals surface area contributed by atoms with Gasteiger partial charge in [0.2, 0.25) is 0 Å². The maximum atomic E-state index is 11.8. The normalized spacial score (nSPS) is 11.1. The molecule has 0 aliphatic heterocycles. The largest absolute Gasteiger partial charge is 0.330 e. The molecule has 0 saturated carbocycles. The SMILES string of the molecule is N#Cc1cccc(CS(=O)(=O)CCCCN)c1. The van der Waals surface area contributed by atoms with E-state index in [0.717, 1.165) is 6.42 Å². The number of rotatable bonds is 6. The van der Waals surface area contributed by atoms with Crippen molar-refractivity contribution in [2.24, 2.45) is 5.73 Å². The zero-order valence-corrected chi connectivity index (χ0v) is 10.4. The van der Waals surface area contributed by atoms with E-state index in [4.69, 9.17) is 11.0 Å². The smallest absolute Gasteiger partial charge is 0.154 e. The number of nitrogens with two attached hydrogens (primary N) is 1. The summed E-state index contributed by atoms with van der Waals surface area (Å²) in [5, 5.41) is 8.72. The van der Waals surface area contributed by atoms with E-state index in [9.17, 15) is 8.42 Å². The van der Waals surface area contributed by atoms with Gasteiger partial charge in [0.25, 0.3) is 0 Å². The number of nitriles is 1. The molecule has 4 nitrogen and oxygen atoms in total. The van der Waals surface area contributed by atoms with Crippen LogP contribution in [0.25, 0.3) is 0 Å². The van der Waals surface area contributed by atoms with Crippen molar-refractivity contribution in [2.75, 3.05) is 12.3 Å². The first-order chi connectivity index (χ1) is 8.07. The quantitative estimate of drug-likeness (QED) is 0.771. The Morgan fingerprint density at radius 2 is 2.06 bits per heavy atom. The average molecular weight is 252 g/mol. The second-order valence-corrected chi connectivity index (χ2v) is 6.08. The number of benzene rings is 1. The van der Waals surface area contributed by atoms with E-state index in [2.05, 4.69) is 0 Å². The standard InChI is InChI=1S/C12H16N2O2S/c13-6-1-2-7-17(15,16)10-12-5-3-4-11(8-12)9-14/h3-5,8H,1-2,6-7,10,13H2. The van der Waals surface area contributed by atoms with Crippen molar-refractivity contribution >= 4 is 9.84 Å². The Hall–Kier alpha value is -1.38. The minimum absolute atomic E-state index is 0.00685. The van der Waals surface area contributed by atoms with E-state index < -0.39 is 9.84 Å². The lowest BCUT2D eigenvalue weighted by Crippen LogP contribution is -2.11. The Morgan fingerprint density at radius 3 is 2.71 bits per heavy atom. The molecular formula is C12H16N2O2S. The maximum Gasteiger partial charge on any atom is 0.154 e. The molecule has 0 fully saturated rings.